The van der Waals surface area contributed by atoms with Crippen molar-refractivity contribution in [2.45, 2.75) is 20.4 Å². The third-order valence-corrected chi connectivity index (χ3v) is 6.20. The maximum atomic E-state index is 13.3. The Balaban J connectivity index is 2.07. The molecule has 0 spiro atoms. The van der Waals surface area contributed by atoms with Gasteiger partial charge < -0.3 is 0 Å². The van der Waals surface area contributed by atoms with E-state index in [4.69, 9.17) is 11.4 Å². The lowest BCUT2D eigenvalue weighted by Crippen LogP contribution is -2.23. The maximum Gasteiger partial charge on any atom is 0.264 e. The highest BCUT2D eigenvalue weighted by Crippen LogP contribution is 2.38. The molecule has 4 rings (SSSR count). The van der Waals surface area contributed by atoms with Crippen LogP contribution in [0.5, 0.6) is 0 Å². The van der Waals surface area contributed by atoms with Gasteiger partial charge in [0.1, 0.15) is 10.7 Å². The van der Waals surface area contributed by atoms with Crippen LogP contribution < -0.4 is 5.56 Å². The molecule has 0 bridgehead atoms. The molecule has 0 aliphatic rings. The van der Waals surface area contributed by atoms with Crippen molar-refractivity contribution >= 4 is 32.9 Å². The average Bonchev–Trinajstić information content (AvgIpc) is 3.25. The predicted octanol–water partition coefficient (Wildman–Crippen LogP) is 5.10. The van der Waals surface area contributed by atoms with E-state index < -0.39 is 0 Å². The van der Waals surface area contributed by atoms with Crippen LogP contribution in [-0.4, -0.2) is 9.55 Å². The van der Waals surface area contributed by atoms with E-state index in [0.717, 1.165) is 31.3 Å². The molecule has 0 saturated carbocycles. The lowest BCUT2D eigenvalue weighted by molar-refractivity contribution is 0.796. The summed E-state index contributed by atoms with van der Waals surface area (Å²) in [5, 5.41) is 2.69. The zero-order valence-corrected chi connectivity index (χ0v) is 16.1. The van der Waals surface area contributed by atoms with Gasteiger partial charge in [0.05, 0.1) is 11.9 Å². The molecule has 0 saturated heterocycles. The van der Waals surface area contributed by atoms with E-state index in [2.05, 4.69) is 5.92 Å². The first-order valence-electron chi connectivity index (χ1n) is 8.18. The van der Waals surface area contributed by atoms with Gasteiger partial charge in [-0.05, 0) is 25.3 Å². The van der Waals surface area contributed by atoms with Crippen molar-refractivity contribution in [3.8, 4) is 34.2 Å². The van der Waals surface area contributed by atoms with Gasteiger partial charge in [0.15, 0.2) is 0 Å². The Kier molecular flexibility index (Phi) is 4.23. The largest absolute Gasteiger partial charge is 0.280 e. The number of terminal acetylenes is 1. The summed E-state index contributed by atoms with van der Waals surface area (Å²) in [5.41, 5.74) is 2.97. The first kappa shape index (κ1) is 16.8. The van der Waals surface area contributed by atoms with E-state index in [9.17, 15) is 4.79 Å². The first-order chi connectivity index (χ1) is 12.6. The van der Waals surface area contributed by atoms with Crippen LogP contribution in [0.1, 0.15) is 10.4 Å². The molecular formula is C21H16N2OS2. The van der Waals surface area contributed by atoms with Gasteiger partial charge in [-0.3, -0.25) is 9.36 Å². The molecule has 0 aliphatic heterocycles. The van der Waals surface area contributed by atoms with Crippen molar-refractivity contribution in [2.75, 3.05) is 0 Å². The Morgan fingerprint density at radius 2 is 1.96 bits per heavy atom. The molecular weight excluding hydrogens is 360 g/mol. The average molecular weight is 377 g/mol. The number of fused-ring (bicyclic) bond motifs is 1. The third kappa shape index (κ3) is 2.68. The van der Waals surface area contributed by atoms with E-state index in [-0.39, 0.29) is 12.1 Å². The van der Waals surface area contributed by atoms with Crippen LogP contribution in [0.4, 0.5) is 0 Å². The fourth-order valence-corrected chi connectivity index (χ4v) is 5.00. The third-order valence-electron chi connectivity index (χ3n) is 4.31. The van der Waals surface area contributed by atoms with Gasteiger partial charge in [0.25, 0.3) is 5.56 Å². The van der Waals surface area contributed by atoms with Gasteiger partial charge in [-0.2, -0.15) is 0 Å². The second-order valence-electron chi connectivity index (χ2n) is 6.09. The van der Waals surface area contributed by atoms with Crippen LogP contribution in [0.15, 0.2) is 46.6 Å². The Labute approximate surface area is 159 Å². The number of rotatable bonds is 3. The second kappa shape index (κ2) is 6.56. The molecule has 1 aromatic carbocycles. The molecule has 0 aliphatic carbocycles. The van der Waals surface area contributed by atoms with Crippen molar-refractivity contribution < 1.29 is 0 Å². The molecule has 4 aromatic rings. The number of thiophene rings is 2. The Morgan fingerprint density at radius 1 is 1.19 bits per heavy atom. The fourth-order valence-electron chi connectivity index (χ4n) is 3.07. The first-order valence-corrected chi connectivity index (χ1v) is 9.88. The summed E-state index contributed by atoms with van der Waals surface area (Å²) < 4.78 is 1.61. The molecule has 0 amide bonds. The lowest BCUT2D eigenvalue weighted by Gasteiger charge is -2.11. The van der Waals surface area contributed by atoms with Gasteiger partial charge in [-0.15, -0.1) is 29.1 Å². The number of hydrogen-bond donors (Lipinski definition) is 0. The molecule has 0 atom stereocenters. The molecule has 0 fully saturated rings. The summed E-state index contributed by atoms with van der Waals surface area (Å²) in [6, 6.07) is 12.0. The monoisotopic (exact) mass is 376 g/mol. The highest BCUT2D eigenvalue weighted by atomic mass is 32.1. The van der Waals surface area contributed by atoms with Crippen molar-refractivity contribution in [3.05, 3.63) is 62.6 Å². The molecule has 26 heavy (non-hydrogen) atoms. The summed E-state index contributed by atoms with van der Waals surface area (Å²) in [4.78, 5) is 21.1. The van der Waals surface area contributed by atoms with Crippen molar-refractivity contribution in [1.82, 2.24) is 9.55 Å². The summed E-state index contributed by atoms with van der Waals surface area (Å²) in [7, 11) is 0. The van der Waals surface area contributed by atoms with E-state index >= 15 is 0 Å². The number of hydrogen-bond acceptors (Lipinski definition) is 4. The van der Waals surface area contributed by atoms with E-state index in [1.165, 1.54) is 0 Å². The molecule has 3 heterocycles. The van der Waals surface area contributed by atoms with Crippen LogP contribution in [0.25, 0.3) is 32.0 Å². The predicted molar refractivity (Wildman–Crippen MR) is 111 cm³/mol. The fraction of sp³-hybridized carbons (Fsp3) is 0.143. The smallest absolute Gasteiger partial charge is 0.264 e. The van der Waals surface area contributed by atoms with Crippen LogP contribution in [0.3, 0.4) is 0 Å². The standard InChI is InChI=1S/C21H16N2OS2/c1-4-11-23-19(15-9-7-13(2)8-10-15)22-20-18(21(23)24)17(14(3)26-20)16-6-5-12-25-16/h1,5-10,12H,11H2,2-3H3. The Hall–Kier alpha value is -2.68. The van der Waals surface area contributed by atoms with Gasteiger partial charge in [0, 0.05) is 20.9 Å². The lowest BCUT2D eigenvalue weighted by atomic mass is 10.1. The highest BCUT2D eigenvalue weighted by molar-refractivity contribution is 7.20. The number of benzene rings is 1. The Bertz CT molecular complexity index is 1190. The van der Waals surface area contributed by atoms with Crippen LogP contribution in [0, 0.1) is 26.2 Å². The minimum absolute atomic E-state index is 0.0729. The van der Waals surface area contributed by atoms with Gasteiger partial charge in [-0.25, -0.2) is 4.98 Å². The number of nitrogens with zero attached hydrogens (tertiary/aromatic N) is 2. The van der Waals surface area contributed by atoms with Gasteiger partial charge in [0.2, 0.25) is 0 Å². The van der Waals surface area contributed by atoms with Crippen molar-refractivity contribution in [2.24, 2.45) is 0 Å². The molecule has 5 heteroatoms. The summed E-state index contributed by atoms with van der Waals surface area (Å²) >= 11 is 3.19. The van der Waals surface area contributed by atoms with E-state index in [1.54, 1.807) is 27.2 Å². The van der Waals surface area contributed by atoms with Gasteiger partial charge >= 0.3 is 0 Å². The van der Waals surface area contributed by atoms with Gasteiger partial charge in [-0.1, -0.05) is 41.8 Å². The van der Waals surface area contributed by atoms with E-state index in [0.29, 0.717) is 11.2 Å². The zero-order chi connectivity index (χ0) is 18.3. The van der Waals surface area contributed by atoms with Crippen molar-refractivity contribution in [1.29, 1.82) is 0 Å². The van der Waals surface area contributed by atoms with Crippen LogP contribution >= 0.6 is 22.7 Å². The molecule has 128 valence electrons. The van der Waals surface area contributed by atoms with Crippen LogP contribution in [-0.2, 0) is 6.54 Å². The highest BCUT2D eigenvalue weighted by Gasteiger charge is 2.20. The second-order valence-corrected chi connectivity index (χ2v) is 8.24. The molecule has 3 aromatic heterocycles. The minimum Gasteiger partial charge on any atom is -0.280 e. The summed E-state index contributed by atoms with van der Waals surface area (Å²) in [6.45, 7) is 4.27. The van der Waals surface area contributed by atoms with E-state index in [1.807, 2.05) is 55.6 Å². The topological polar surface area (TPSA) is 34.9 Å². The summed E-state index contributed by atoms with van der Waals surface area (Å²) in [6.07, 6.45) is 5.55. The Morgan fingerprint density at radius 3 is 2.62 bits per heavy atom. The number of aromatic nitrogens is 2. The minimum atomic E-state index is -0.0729. The SMILES string of the molecule is C#CCn1c(-c2ccc(C)cc2)nc2sc(C)c(-c3cccs3)c2c1=O. The maximum absolute atomic E-state index is 13.3. The van der Waals surface area contributed by atoms with Crippen molar-refractivity contribution in [3.63, 3.8) is 0 Å². The molecule has 3 nitrogen and oxygen atoms in total. The zero-order valence-electron chi connectivity index (χ0n) is 14.4. The molecule has 0 N–H and O–H groups in total. The molecule has 0 unspecified atom stereocenters. The number of aryl methyl sites for hydroxylation is 2. The quantitative estimate of drug-likeness (QED) is 0.466. The normalized spacial score (nSPS) is 11.0. The summed E-state index contributed by atoms with van der Waals surface area (Å²) in [5.74, 6) is 3.23. The molecule has 0 radical (unpaired) electrons. The van der Waals surface area contributed by atoms with Crippen LogP contribution in [0.2, 0.25) is 0 Å².